The van der Waals surface area contributed by atoms with Crippen LogP contribution in [0.4, 0.5) is 10.2 Å². The Bertz CT molecular complexity index is 3790. The molecule has 4 aromatic carbocycles. The predicted molar refractivity (Wildman–Crippen MR) is 311 cm³/mol. The SMILES string of the molecule is CCn1nccc1-c1ccc([C@H](CO)NC(=O)[C@@H]2C[C@@H](O)CN2C(=O)[C@H](C(C)C)n2cc(-c3ccc(COc4c(-c5c(C)c(F)cc6[nH]ncc56)c(C5CC5)cc5c(N6C[C@@H]7C[C@H]6CN7)nc(OC6CC7(CCOC7)C6)nc45)cc3)nn2)cc1. The van der Waals surface area contributed by atoms with Crippen molar-refractivity contribution >= 4 is 39.4 Å². The number of hydrogen-bond acceptors (Lipinski definition) is 15. The number of halogens is 1. The Balaban J connectivity index is 0.743. The van der Waals surface area contributed by atoms with Crippen molar-refractivity contribution in [2.24, 2.45) is 11.3 Å². The van der Waals surface area contributed by atoms with Crippen molar-refractivity contribution in [2.75, 3.05) is 44.4 Å². The minimum atomic E-state index is -0.983. The average molecular weight is 1140 g/mol. The van der Waals surface area contributed by atoms with E-state index in [9.17, 15) is 19.8 Å². The number of carbonyl (C=O) groups excluding carboxylic acids is 2. The summed E-state index contributed by atoms with van der Waals surface area (Å²) < 4.78 is 39.4. The zero-order valence-corrected chi connectivity index (χ0v) is 47.7. The number of likely N-dealkylation sites (tertiary alicyclic amines) is 1. The summed E-state index contributed by atoms with van der Waals surface area (Å²) >= 11 is 0. The number of nitrogens with zero attached hydrogens (tertiary/aromatic N) is 10. The highest BCUT2D eigenvalue weighted by atomic mass is 19.1. The summed E-state index contributed by atoms with van der Waals surface area (Å²) in [6, 6.07) is 19.4. The summed E-state index contributed by atoms with van der Waals surface area (Å²) in [5.74, 6) is 0.114. The highest BCUT2D eigenvalue weighted by Gasteiger charge is 2.49. The number of β-amino-alcohol motifs (C(OH)–C–C–N with tert-alkyl or cyclic N) is 1. The van der Waals surface area contributed by atoms with Crippen LogP contribution in [-0.2, 0) is 27.5 Å². The number of aromatic nitrogens is 9. The largest absolute Gasteiger partial charge is 0.486 e. The van der Waals surface area contributed by atoms with E-state index in [1.165, 1.54) is 15.6 Å². The van der Waals surface area contributed by atoms with Crippen LogP contribution in [0.15, 0.2) is 85.3 Å². The van der Waals surface area contributed by atoms with Crippen molar-refractivity contribution in [3.63, 3.8) is 0 Å². The number of aryl methyl sites for hydroxylation is 1. The number of piperazine rings is 1. The molecule has 436 valence electrons. The summed E-state index contributed by atoms with van der Waals surface area (Å²) in [5.41, 5.74) is 9.15. The van der Waals surface area contributed by atoms with E-state index in [-0.39, 0.29) is 67.3 Å². The van der Waals surface area contributed by atoms with E-state index in [1.807, 2.05) is 87.0 Å². The van der Waals surface area contributed by atoms with Crippen molar-refractivity contribution in [1.29, 1.82) is 0 Å². The molecule has 4 saturated heterocycles. The van der Waals surface area contributed by atoms with E-state index in [2.05, 4.69) is 47.2 Å². The van der Waals surface area contributed by atoms with Crippen LogP contribution in [0.2, 0.25) is 0 Å². The van der Waals surface area contributed by atoms with E-state index >= 15 is 4.39 Å². The van der Waals surface area contributed by atoms with Gasteiger partial charge in [-0.05, 0) is 110 Å². The molecule has 6 atom stereocenters. The van der Waals surface area contributed by atoms with Gasteiger partial charge in [0, 0.05) is 90.4 Å². The zero-order valence-electron chi connectivity index (χ0n) is 47.7. The van der Waals surface area contributed by atoms with Gasteiger partial charge < -0.3 is 44.9 Å². The number of nitrogens with one attached hydrogen (secondary N) is 3. The van der Waals surface area contributed by atoms with Crippen LogP contribution in [0.25, 0.3) is 55.4 Å². The lowest BCUT2D eigenvalue weighted by atomic mass is 9.66. The number of aliphatic hydroxyl groups excluding tert-OH is 2. The fourth-order valence-electron chi connectivity index (χ4n) is 13.9. The van der Waals surface area contributed by atoms with E-state index in [0.717, 1.165) is 115 Å². The van der Waals surface area contributed by atoms with Crippen LogP contribution < -0.4 is 25.0 Å². The number of carbonyl (C=O) groups is 2. The third kappa shape index (κ3) is 9.81. The minimum absolute atomic E-state index is 0.0379. The Morgan fingerprint density at radius 1 is 0.988 bits per heavy atom. The molecular weight excluding hydrogens is 1070 g/mol. The molecule has 1 spiro atoms. The van der Waals surface area contributed by atoms with Crippen LogP contribution in [0, 0.1) is 24.1 Å². The molecule has 8 heterocycles. The highest BCUT2D eigenvalue weighted by Crippen LogP contribution is 2.54. The Hall–Kier alpha value is -7.85. The van der Waals surface area contributed by atoms with Crippen LogP contribution in [-0.4, -0.2) is 142 Å². The first-order chi connectivity index (χ1) is 40.8. The molecule has 14 rings (SSSR count). The summed E-state index contributed by atoms with van der Waals surface area (Å²) in [7, 11) is 0. The van der Waals surface area contributed by atoms with Gasteiger partial charge in [0.25, 0.3) is 0 Å². The standard InChI is InChI=1S/C63H70FN13O7/c1-5-76-52(16-18-67-76)40-14-12-39(13-15-40)51(31-78)68-60(80)53-21-43(79)29-75(53)61(81)57(34(2)3)77-30-50(72-73-77)38-8-6-36(7-9-38)32-83-58-55(54-35(4)48(64)23-49-47(54)27-66-71-49)45(37-10-11-37)22-46-56(58)69-62(84-44-24-63(25-44)17-19-82-33-63)70-59(46)74-28-41-20-42(74)26-65-41/h6-9,12-16,18,22-23,27,30,34,37,41-44,51,53,57,65,78-79H,5,10-11,17,19-21,24-26,28-29,31-33H2,1-4H3,(H,66,71)(H,68,80)/t41-,42-,43+,44?,51-,53-,57-,63?/m0/s1. The van der Waals surface area contributed by atoms with Gasteiger partial charge in [-0.15, -0.1) is 5.10 Å². The first kappa shape index (κ1) is 54.1. The number of amides is 2. The van der Waals surface area contributed by atoms with Crippen LogP contribution in [0.5, 0.6) is 11.8 Å². The van der Waals surface area contributed by atoms with Gasteiger partial charge in [-0.3, -0.25) is 19.4 Å². The number of benzene rings is 4. The molecule has 5 N–H and O–H groups in total. The fraction of sp³-hybridized carbons (Fsp3) is 0.460. The fourth-order valence-corrected chi connectivity index (χ4v) is 13.9. The summed E-state index contributed by atoms with van der Waals surface area (Å²) in [6.07, 6.45) is 10.1. The number of ether oxygens (including phenoxy) is 3. The molecule has 2 amide bonds. The van der Waals surface area contributed by atoms with Crippen molar-refractivity contribution in [3.05, 3.63) is 113 Å². The molecule has 2 aliphatic carbocycles. The first-order valence-corrected chi connectivity index (χ1v) is 29.7. The Kier molecular flexibility index (Phi) is 13.9. The van der Waals surface area contributed by atoms with Crippen molar-refractivity contribution < 1.29 is 38.4 Å². The number of anilines is 1. The maximum atomic E-state index is 16.2. The van der Waals surface area contributed by atoms with Crippen LogP contribution in [0.1, 0.15) is 106 Å². The number of H-pyrrole nitrogens is 1. The number of aromatic amines is 1. The van der Waals surface area contributed by atoms with Crippen LogP contribution in [0.3, 0.4) is 0 Å². The molecule has 4 aromatic heterocycles. The molecule has 0 unspecified atom stereocenters. The number of hydrogen-bond donors (Lipinski definition) is 5. The maximum Gasteiger partial charge on any atom is 0.319 e. The number of fused-ring (bicyclic) bond motifs is 4. The second-order valence-electron chi connectivity index (χ2n) is 24.5. The maximum absolute atomic E-state index is 16.2. The Morgan fingerprint density at radius 3 is 2.51 bits per heavy atom. The van der Waals surface area contributed by atoms with E-state index in [1.54, 1.807) is 18.6 Å². The van der Waals surface area contributed by atoms with Gasteiger partial charge >= 0.3 is 6.01 Å². The monoisotopic (exact) mass is 1140 g/mol. The molecule has 0 radical (unpaired) electrons. The normalized spacial score (nSPS) is 23.5. The summed E-state index contributed by atoms with van der Waals surface area (Å²) in [5, 5.41) is 50.5. The molecule has 6 fully saturated rings. The minimum Gasteiger partial charge on any atom is -0.486 e. The molecule has 8 aromatic rings. The van der Waals surface area contributed by atoms with Gasteiger partial charge in [0.05, 0.1) is 49.0 Å². The lowest BCUT2D eigenvalue weighted by Gasteiger charge is -2.43. The molecule has 2 bridgehead atoms. The summed E-state index contributed by atoms with van der Waals surface area (Å²) in [6.45, 7) is 11.3. The highest BCUT2D eigenvalue weighted by molar-refractivity contribution is 6.06. The zero-order chi connectivity index (χ0) is 57.5. The van der Waals surface area contributed by atoms with Gasteiger partial charge in [0.2, 0.25) is 11.8 Å². The van der Waals surface area contributed by atoms with Crippen molar-refractivity contribution in [3.8, 4) is 45.4 Å². The second-order valence-corrected chi connectivity index (χ2v) is 24.5. The molecular formula is C63H70FN13O7. The molecule has 2 saturated carbocycles. The van der Waals surface area contributed by atoms with Crippen LogP contribution >= 0.6 is 0 Å². The third-order valence-corrected chi connectivity index (χ3v) is 18.6. The average Bonchev–Trinajstić information content (AvgIpc) is 4.41. The molecule has 84 heavy (non-hydrogen) atoms. The van der Waals surface area contributed by atoms with E-state index in [4.69, 9.17) is 24.2 Å². The quantitative estimate of drug-likeness (QED) is 0.0553. The predicted octanol–water partition coefficient (Wildman–Crippen LogP) is 7.73. The van der Waals surface area contributed by atoms with Gasteiger partial charge in [0.15, 0.2) is 5.75 Å². The molecule has 4 aliphatic heterocycles. The smallest absolute Gasteiger partial charge is 0.319 e. The molecule has 20 nitrogen and oxygen atoms in total. The third-order valence-electron chi connectivity index (χ3n) is 18.6. The van der Waals surface area contributed by atoms with Gasteiger partial charge in [-0.1, -0.05) is 67.6 Å². The first-order valence-electron chi connectivity index (χ1n) is 29.7. The van der Waals surface area contributed by atoms with Crippen molar-refractivity contribution in [2.45, 2.75) is 134 Å². The van der Waals surface area contributed by atoms with E-state index < -0.39 is 30.1 Å². The Morgan fingerprint density at radius 2 is 1.80 bits per heavy atom. The molecule has 21 heteroatoms. The van der Waals surface area contributed by atoms with Crippen molar-refractivity contribution in [1.82, 2.24) is 60.5 Å². The lowest BCUT2D eigenvalue weighted by Crippen LogP contribution is -2.50. The summed E-state index contributed by atoms with van der Waals surface area (Å²) in [4.78, 5) is 43.1. The number of aliphatic hydroxyl groups is 2. The molecule has 6 aliphatic rings. The topological polar surface area (TPSA) is 236 Å². The number of rotatable bonds is 18. The van der Waals surface area contributed by atoms with Gasteiger partial charge in [-0.25, -0.2) is 9.07 Å². The second kappa shape index (κ2) is 21.6. The lowest BCUT2D eigenvalue weighted by molar-refractivity contribution is -0.142. The van der Waals surface area contributed by atoms with Gasteiger partial charge in [0.1, 0.15) is 47.6 Å². The van der Waals surface area contributed by atoms with Gasteiger partial charge in [-0.2, -0.15) is 20.2 Å². The van der Waals surface area contributed by atoms with E-state index in [0.29, 0.717) is 57.8 Å². The Labute approximate surface area is 485 Å².